The van der Waals surface area contributed by atoms with E-state index in [4.69, 9.17) is 4.74 Å². The number of hydrogen-bond acceptors (Lipinski definition) is 4. The van der Waals surface area contributed by atoms with Gasteiger partial charge in [-0.25, -0.2) is 9.50 Å². The maximum atomic E-state index is 13.4. The van der Waals surface area contributed by atoms with Crippen LogP contribution in [0.2, 0.25) is 0 Å². The van der Waals surface area contributed by atoms with Crippen molar-refractivity contribution in [3.8, 4) is 5.75 Å². The van der Waals surface area contributed by atoms with Crippen molar-refractivity contribution in [1.29, 1.82) is 0 Å². The molecule has 0 saturated carbocycles. The second kappa shape index (κ2) is 7.67. The Morgan fingerprint density at radius 1 is 1.10 bits per heavy atom. The van der Waals surface area contributed by atoms with Crippen LogP contribution in [0.5, 0.6) is 5.75 Å². The summed E-state index contributed by atoms with van der Waals surface area (Å²) in [6, 6.07) is 10.8. The smallest absolute Gasteiger partial charge is 0.433 e. The first kappa shape index (κ1) is 19.7. The lowest BCUT2D eigenvalue weighted by Crippen LogP contribution is -2.32. The van der Waals surface area contributed by atoms with Crippen LogP contribution in [0, 0.1) is 6.92 Å². The molecule has 29 heavy (non-hydrogen) atoms. The van der Waals surface area contributed by atoms with Crippen LogP contribution in [0.1, 0.15) is 41.4 Å². The third-order valence-corrected chi connectivity index (χ3v) is 5.44. The molecule has 1 aromatic carbocycles. The van der Waals surface area contributed by atoms with Crippen molar-refractivity contribution in [2.75, 3.05) is 20.2 Å². The van der Waals surface area contributed by atoms with Crippen molar-refractivity contribution in [2.45, 2.75) is 38.4 Å². The molecule has 0 radical (unpaired) electrons. The van der Waals surface area contributed by atoms with E-state index in [9.17, 15) is 13.2 Å². The average Bonchev–Trinajstić information content (AvgIpc) is 3.11. The monoisotopic (exact) mass is 404 g/mol. The number of piperidine rings is 1. The predicted molar refractivity (Wildman–Crippen MR) is 103 cm³/mol. The first-order valence-corrected chi connectivity index (χ1v) is 9.63. The van der Waals surface area contributed by atoms with Crippen molar-refractivity contribution in [1.82, 2.24) is 19.5 Å². The molecule has 5 nitrogen and oxygen atoms in total. The predicted octanol–water partition coefficient (Wildman–Crippen LogP) is 4.44. The van der Waals surface area contributed by atoms with Crippen LogP contribution in [0.3, 0.4) is 0 Å². The van der Waals surface area contributed by atoms with E-state index in [1.807, 2.05) is 12.1 Å². The molecule has 0 amide bonds. The van der Waals surface area contributed by atoms with Gasteiger partial charge in [-0.1, -0.05) is 12.1 Å². The minimum atomic E-state index is -4.46. The molecule has 154 valence electrons. The Balaban J connectivity index is 1.46. The summed E-state index contributed by atoms with van der Waals surface area (Å²) in [7, 11) is 1.65. The van der Waals surface area contributed by atoms with E-state index < -0.39 is 11.9 Å². The van der Waals surface area contributed by atoms with Gasteiger partial charge in [0.25, 0.3) is 0 Å². The summed E-state index contributed by atoms with van der Waals surface area (Å²) in [6.07, 6.45) is -2.74. The number of hydrogen-bond donors (Lipinski definition) is 0. The number of aromatic nitrogens is 3. The topological polar surface area (TPSA) is 42.7 Å². The molecular formula is C21H23F3N4O. The SMILES string of the molecule is COc1ccc(CN2CCC(c3cc4nc(C)cc(C(F)(F)F)n4n3)CC2)cc1. The highest BCUT2D eigenvalue weighted by Crippen LogP contribution is 2.32. The van der Waals surface area contributed by atoms with Gasteiger partial charge in [-0.2, -0.15) is 18.3 Å². The van der Waals surface area contributed by atoms with E-state index in [-0.39, 0.29) is 11.6 Å². The van der Waals surface area contributed by atoms with E-state index in [1.54, 1.807) is 20.1 Å². The molecule has 3 aromatic rings. The van der Waals surface area contributed by atoms with E-state index in [1.165, 1.54) is 5.56 Å². The van der Waals surface area contributed by atoms with Crippen LogP contribution in [-0.4, -0.2) is 39.7 Å². The maximum absolute atomic E-state index is 13.4. The lowest BCUT2D eigenvalue weighted by atomic mass is 9.93. The Labute approximate surface area is 167 Å². The van der Waals surface area contributed by atoms with Crippen molar-refractivity contribution < 1.29 is 17.9 Å². The number of nitrogens with zero attached hydrogens (tertiary/aromatic N) is 4. The molecule has 4 rings (SSSR count). The Morgan fingerprint density at radius 2 is 1.79 bits per heavy atom. The highest BCUT2D eigenvalue weighted by molar-refractivity contribution is 5.43. The largest absolute Gasteiger partial charge is 0.497 e. The standard InChI is InChI=1S/C21H23F3N4O/c1-14-11-19(21(22,23)24)28-20(25-14)12-18(26-28)16-7-9-27(10-8-16)13-15-3-5-17(29-2)6-4-15/h3-6,11-12,16H,7-10,13H2,1-2H3. The number of methoxy groups -OCH3 is 1. The molecule has 0 spiro atoms. The van der Waals surface area contributed by atoms with Crippen molar-refractivity contribution in [3.63, 3.8) is 0 Å². The van der Waals surface area contributed by atoms with E-state index in [0.29, 0.717) is 11.4 Å². The molecule has 0 N–H and O–H groups in total. The van der Waals surface area contributed by atoms with Gasteiger partial charge >= 0.3 is 6.18 Å². The van der Waals surface area contributed by atoms with Gasteiger partial charge < -0.3 is 4.74 Å². The minimum absolute atomic E-state index is 0.144. The number of fused-ring (bicyclic) bond motifs is 1. The normalized spacial score (nSPS) is 16.4. The van der Waals surface area contributed by atoms with Gasteiger partial charge in [0.05, 0.1) is 12.8 Å². The Hall–Kier alpha value is -2.61. The molecule has 0 aliphatic carbocycles. The summed E-state index contributed by atoms with van der Waals surface area (Å²) >= 11 is 0. The zero-order valence-corrected chi connectivity index (χ0v) is 16.4. The molecule has 1 aliphatic heterocycles. The van der Waals surface area contributed by atoms with Crippen LogP contribution in [0.15, 0.2) is 36.4 Å². The second-order valence-electron chi connectivity index (χ2n) is 7.52. The second-order valence-corrected chi connectivity index (χ2v) is 7.52. The minimum Gasteiger partial charge on any atom is -0.497 e. The average molecular weight is 404 g/mol. The van der Waals surface area contributed by atoms with Crippen LogP contribution in [0.4, 0.5) is 13.2 Å². The molecule has 8 heteroatoms. The summed E-state index contributed by atoms with van der Waals surface area (Å²) in [5.74, 6) is 0.978. The van der Waals surface area contributed by atoms with Crippen LogP contribution in [-0.2, 0) is 12.7 Å². The van der Waals surface area contributed by atoms with Crippen LogP contribution >= 0.6 is 0 Å². The first-order valence-electron chi connectivity index (χ1n) is 9.63. The Kier molecular flexibility index (Phi) is 5.21. The van der Waals surface area contributed by atoms with E-state index in [2.05, 4.69) is 27.1 Å². The number of rotatable bonds is 4. The van der Waals surface area contributed by atoms with Crippen molar-refractivity contribution in [3.05, 3.63) is 59.0 Å². The van der Waals surface area contributed by atoms with Gasteiger partial charge in [-0.15, -0.1) is 0 Å². The molecular weight excluding hydrogens is 381 g/mol. The third kappa shape index (κ3) is 4.22. The fraction of sp³-hybridized carbons (Fsp3) is 0.429. The summed E-state index contributed by atoms with van der Waals surface area (Å²) in [5, 5.41) is 4.27. The number of ether oxygens (including phenoxy) is 1. The third-order valence-electron chi connectivity index (χ3n) is 5.44. The van der Waals surface area contributed by atoms with Crippen LogP contribution in [0.25, 0.3) is 5.65 Å². The summed E-state index contributed by atoms with van der Waals surface area (Å²) < 4.78 is 46.2. The zero-order valence-electron chi connectivity index (χ0n) is 16.4. The van der Waals surface area contributed by atoms with Gasteiger partial charge in [-0.3, -0.25) is 4.90 Å². The van der Waals surface area contributed by atoms with E-state index in [0.717, 1.165) is 48.8 Å². The van der Waals surface area contributed by atoms with Crippen molar-refractivity contribution >= 4 is 5.65 Å². The molecule has 1 fully saturated rings. The highest BCUT2D eigenvalue weighted by Gasteiger charge is 2.35. The highest BCUT2D eigenvalue weighted by atomic mass is 19.4. The Morgan fingerprint density at radius 3 is 2.41 bits per heavy atom. The lowest BCUT2D eigenvalue weighted by molar-refractivity contribution is -0.142. The van der Waals surface area contributed by atoms with Crippen molar-refractivity contribution in [2.24, 2.45) is 0 Å². The molecule has 3 heterocycles. The lowest BCUT2D eigenvalue weighted by Gasteiger charge is -2.31. The fourth-order valence-corrected chi connectivity index (χ4v) is 3.90. The van der Waals surface area contributed by atoms with Gasteiger partial charge in [0.2, 0.25) is 0 Å². The molecule has 0 atom stereocenters. The molecule has 2 aromatic heterocycles. The van der Waals surface area contributed by atoms with Gasteiger partial charge in [0.1, 0.15) is 11.4 Å². The summed E-state index contributed by atoms with van der Waals surface area (Å²) in [4.78, 5) is 6.59. The molecule has 1 aliphatic rings. The number of likely N-dealkylation sites (tertiary alicyclic amines) is 1. The molecule has 0 unspecified atom stereocenters. The van der Waals surface area contributed by atoms with Gasteiger partial charge in [0.15, 0.2) is 5.65 Å². The number of aryl methyl sites for hydroxylation is 1. The van der Waals surface area contributed by atoms with Gasteiger partial charge in [0, 0.05) is 24.2 Å². The number of halogens is 3. The molecule has 1 saturated heterocycles. The summed E-state index contributed by atoms with van der Waals surface area (Å²) in [5.41, 5.74) is 1.73. The Bertz CT molecular complexity index is 990. The molecule has 0 bridgehead atoms. The first-order chi connectivity index (χ1) is 13.8. The number of alkyl halides is 3. The number of benzene rings is 1. The summed E-state index contributed by atoms with van der Waals surface area (Å²) in [6.45, 7) is 4.17. The quantitative estimate of drug-likeness (QED) is 0.645. The fourth-order valence-electron chi connectivity index (χ4n) is 3.90. The van der Waals surface area contributed by atoms with Gasteiger partial charge in [-0.05, 0) is 56.6 Å². The van der Waals surface area contributed by atoms with Crippen LogP contribution < -0.4 is 4.74 Å². The van der Waals surface area contributed by atoms with E-state index >= 15 is 0 Å². The maximum Gasteiger partial charge on any atom is 0.433 e. The zero-order chi connectivity index (χ0) is 20.6.